The van der Waals surface area contributed by atoms with E-state index in [1.54, 1.807) is 20.0 Å². The van der Waals surface area contributed by atoms with Gasteiger partial charge in [-0.2, -0.15) is 4.98 Å². The predicted molar refractivity (Wildman–Crippen MR) is 141 cm³/mol. The number of aromatic nitrogens is 4. The normalized spacial score (nSPS) is 22.2. The SMILES string of the molecule is Cc1cc(Nc2ncc(-c3nc4ccccc4s3)c(N[C@@H]3C[C@@H](C(C)(C)O)[C@@H](O)[C@H]3O)n2)cc(C)n1. The zero-order valence-corrected chi connectivity index (χ0v) is 21.4. The van der Waals surface area contributed by atoms with Gasteiger partial charge in [0.05, 0.1) is 33.5 Å². The molecule has 1 aromatic carbocycles. The standard InChI is InChI=1S/C26H30N6O3S/c1-13-9-15(10-14(2)28-13)29-25-27-12-16(24-31-18-7-5-6-8-20(18)36-24)23(32-25)30-19-11-17(26(3,4)35)21(33)22(19)34/h5-10,12,17,19,21-22,33-35H,11H2,1-4H3,(H2,27,28,29,30,32)/t17-,19-,21-,22+/m1/s1. The molecular formula is C26H30N6O3S. The third-order valence-corrected chi connectivity index (χ3v) is 7.63. The van der Waals surface area contributed by atoms with Crippen LogP contribution in [0.25, 0.3) is 20.8 Å². The average Bonchev–Trinajstić information content (AvgIpc) is 3.35. The zero-order valence-electron chi connectivity index (χ0n) is 20.6. The largest absolute Gasteiger partial charge is 0.390 e. The summed E-state index contributed by atoms with van der Waals surface area (Å²) in [7, 11) is 0. The Bertz CT molecular complexity index is 1350. The molecule has 1 aliphatic rings. The number of aliphatic hydroxyl groups excluding tert-OH is 2. The second-order valence-electron chi connectivity index (χ2n) is 9.93. The molecule has 0 unspecified atom stereocenters. The predicted octanol–water partition coefficient (Wildman–Crippen LogP) is 3.80. The van der Waals surface area contributed by atoms with E-state index >= 15 is 0 Å². The van der Waals surface area contributed by atoms with E-state index in [1.807, 2.05) is 50.2 Å². The van der Waals surface area contributed by atoms with E-state index < -0.39 is 29.8 Å². The Hall–Kier alpha value is -3.18. The maximum Gasteiger partial charge on any atom is 0.229 e. The molecule has 0 amide bonds. The van der Waals surface area contributed by atoms with Gasteiger partial charge in [-0.25, -0.2) is 9.97 Å². The lowest BCUT2D eigenvalue weighted by Gasteiger charge is -2.28. The number of nitrogens with zero attached hydrogens (tertiary/aromatic N) is 4. The van der Waals surface area contributed by atoms with Crippen molar-refractivity contribution in [1.29, 1.82) is 0 Å². The van der Waals surface area contributed by atoms with Crippen LogP contribution >= 0.6 is 11.3 Å². The van der Waals surface area contributed by atoms with Crippen LogP contribution in [0, 0.1) is 19.8 Å². The number of anilines is 3. The number of hydrogen-bond acceptors (Lipinski definition) is 10. The molecule has 5 rings (SSSR count). The molecule has 0 radical (unpaired) electrons. The number of pyridine rings is 1. The van der Waals surface area contributed by atoms with Crippen LogP contribution in [0.3, 0.4) is 0 Å². The van der Waals surface area contributed by atoms with E-state index in [2.05, 4.69) is 20.6 Å². The van der Waals surface area contributed by atoms with Gasteiger partial charge in [0.15, 0.2) is 0 Å². The quantitative estimate of drug-likeness (QED) is 0.264. The number of aryl methyl sites for hydroxylation is 2. The first-order valence-corrected chi connectivity index (χ1v) is 12.7. The molecule has 36 heavy (non-hydrogen) atoms. The van der Waals surface area contributed by atoms with E-state index in [4.69, 9.17) is 9.97 Å². The molecule has 0 aliphatic heterocycles. The number of rotatable bonds is 6. The molecule has 1 saturated carbocycles. The fraction of sp³-hybridized carbons (Fsp3) is 0.385. The van der Waals surface area contributed by atoms with Crippen LogP contribution in [0.15, 0.2) is 42.6 Å². The minimum Gasteiger partial charge on any atom is -0.390 e. The number of aliphatic hydroxyl groups is 3. The first-order valence-electron chi connectivity index (χ1n) is 11.9. The Labute approximate surface area is 213 Å². The highest BCUT2D eigenvalue weighted by atomic mass is 32.1. The maximum absolute atomic E-state index is 10.8. The number of nitrogens with one attached hydrogen (secondary N) is 2. The highest BCUT2D eigenvalue weighted by Gasteiger charge is 2.47. The Morgan fingerprint density at radius 3 is 2.39 bits per heavy atom. The van der Waals surface area contributed by atoms with Gasteiger partial charge in [0.25, 0.3) is 0 Å². The minimum absolute atomic E-state index is 0.374. The second kappa shape index (κ2) is 9.36. The van der Waals surface area contributed by atoms with Gasteiger partial charge in [-0.15, -0.1) is 11.3 Å². The molecular weight excluding hydrogens is 476 g/mol. The minimum atomic E-state index is -1.14. The molecule has 0 spiro atoms. The summed E-state index contributed by atoms with van der Waals surface area (Å²) < 4.78 is 1.04. The van der Waals surface area contributed by atoms with E-state index in [9.17, 15) is 15.3 Å². The molecule has 188 valence electrons. The molecule has 10 heteroatoms. The van der Waals surface area contributed by atoms with Crippen molar-refractivity contribution in [3.05, 3.63) is 54.0 Å². The van der Waals surface area contributed by atoms with Gasteiger partial charge in [-0.05, 0) is 58.4 Å². The van der Waals surface area contributed by atoms with Crippen molar-refractivity contribution in [3.63, 3.8) is 0 Å². The molecule has 3 heterocycles. The molecule has 0 bridgehead atoms. The summed E-state index contributed by atoms with van der Waals surface area (Å²) in [5.74, 6) is 0.374. The molecule has 4 aromatic rings. The first-order chi connectivity index (χ1) is 17.1. The third-order valence-electron chi connectivity index (χ3n) is 6.56. The van der Waals surface area contributed by atoms with Crippen molar-refractivity contribution >= 4 is 39.0 Å². The highest BCUT2D eigenvalue weighted by Crippen LogP contribution is 2.39. The molecule has 5 N–H and O–H groups in total. The Kier molecular flexibility index (Phi) is 6.37. The monoisotopic (exact) mass is 506 g/mol. The number of thiazole rings is 1. The van der Waals surface area contributed by atoms with Gasteiger partial charge in [0.2, 0.25) is 5.95 Å². The van der Waals surface area contributed by atoms with Gasteiger partial charge in [-0.1, -0.05) is 12.1 Å². The number of benzene rings is 1. The van der Waals surface area contributed by atoms with Crippen molar-refractivity contribution in [2.75, 3.05) is 10.6 Å². The lowest BCUT2D eigenvalue weighted by atomic mass is 9.88. The summed E-state index contributed by atoms with van der Waals surface area (Å²) in [6.45, 7) is 7.14. The number of hydrogen-bond donors (Lipinski definition) is 5. The summed E-state index contributed by atoms with van der Waals surface area (Å²) in [6, 6.07) is 11.2. The summed E-state index contributed by atoms with van der Waals surface area (Å²) in [4.78, 5) is 18.4. The zero-order chi connectivity index (χ0) is 25.6. The summed E-state index contributed by atoms with van der Waals surface area (Å²) in [5, 5.41) is 39.2. The van der Waals surface area contributed by atoms with E-state index in [0.29, 0.717) is 23.8 Å². The van der Waals surface area contributed by atoms with Crippen molar-refractivity contribution in [2.45, 2.75) is 58.0 Å². The van der Waals surface area contributed by atoms with Crippen LogP contribution in [-0.4, -0.2) is 59.1 Å². The van der Waals surface area contributed by atoms with E-state index in [1.165, 1.54) is 11.3 Å². The van der Waals surface area contributed by atoms with Crippen LogP contribution in [-0.2, 0) is 0 Å². The Balaban J connectivity index is 1.52. The van der Waals surface area contributed by atoms with E-state index in [0.717, 1.165) is 32.3 Å². The lowest BCUT2D eigenvalue weighted by Crippen LogP contribution is -2.40. The number of fused-ring (bicyclic) bond motifs is 1. The Morgan fingerprint density at radius 2 is 1.72 bits per heavy atom. The number of para-hydroxylation sites is 1. The summed E-state index contributed by atoms with van der Waals surface area (Å²) in [6.07, 6.45) is -0.0422. The summed E-state index contributed by atoms with van der Waals surface area (Å²) in [5.41, 5.74) is 3.01. The topological polar surface area (TPSA) is 136 Å². The lowest BCUT2D eigenvalue weighted by molar-refractivity contribution is -0.0601. The van der Waals surface area contributed by atoms with Crippen molar-refractivity contribution in [1.82, 2.24) is 19.9 Å². The smallest absolute Gasteiger partial charge is 0.229 e. The van der Waals surface area contributed by atoms with Crippen LogP contribution in [0.2, 0.25) is 0 Å². The molecule has 4 atom stereocenters. The van der Waals surface area contributed by atoms with Crippen molar-refractivity contribution < 1.29 is 15.3 Å². The van der Waals surface area contributed by atoms with Crippen molar-refractivity contribution in [3.8, 4) is 10.6 Å². The third kappa shape index (κ3) is 4.90. The summed E-state index contributed by atoms with van der Waals surface area (Å²) >= 11 is 1.53. The molecule has 1 fully saturated rings. The highest BCUT2D eigenvalue weighted by molar-refractivity contribution is 7.21. The van der Waals surface area contributed by atoms with Gasteiger partial charge < -0.3 is 26.0 Å². The van der Waals surface area contributed by atoms with Gasteiger partial charge in [0, 0.05) is 29.2 Å². The molecule has 9 nitrogen and oxygen atoms in total. The molecule has 3 aromatic heterocycles. The van der Waals surface area contributed by atoms with Gasteiger partial charge >= 0.3 is 0 Å². The maximum atomic E-state index is 10.8. The molecule has 0 saturated heterocycles. The average molecular weight is 507 g/mol. The van der Waals surface area contributed by atoms with Gasteiger partial charge in [-0.3, -0.25) is 4.98 Å². The second-order valence-corrected chi connectivity index (χ2v) is 11.0. The Morgan fingerprint density at radius 1 is 1.00 bits per heavy atom. The van der Waals surface area contributed by atoms with Crippen LogP contribution < -0.4 is 10.6 Å². The first kappa shape index (κ1) is 24.5. The van der Waals surface area contributed by atoms with E-state index in [-0.39, 0.29) is 0 Å². The van der Waals surface area contributed by atoms with Crippen molar-refractivity contribution in [2.24, 2.45) is 5.92 Å². The van der Waals surface area contributed by atoms with Crippen LogP contribution in [0.1, 0.15) is 31.7 Å². The fourth-order valence-electron chi connectivity index (χ4n) is 4.79. The van der Waals surface area contributed by atoms with Crippen LogP contribution in [0.5, 0.6) is 0 Å². The molecule has 1 aliphatic carbocycles. The fourth-order valence-corrected chi connectivity index (χ4v) is 5.76. The van der Waals surface area contributed by atoms with Gasteiger partial charge in [0.1, 0.15) is 16.9 Å². The van der Waals surface area contributed by atoms with Crippen LogP contribution in [0.4, 0.5) is 17.5 Å².